The Morgan fingerprint density at radius 2 is 1.64 bits per heavy atom. The lowest BCUT2D eigenvalue weighted by Crippen LogP contribution is -2.36. The van der Waals surface area contributed by atoms with E-state index in [0.29, 0.717) is 35.6 Å². The van der Waals surface area contributed by atoms with E-state index in [1.807, 2.05) is 42.5 Å². The van der Waals surface area contributed by atoms with E-state index in [0.717, 1.165) is 30.4 Å². The van der Waals surface area contributed by atoms with Crippen LogP contribution in [0.5, 0.6) is 0 Å². The van der Waals surface area contributed by atoms with Crippen molar-refractivity contribution in [1.29, 1.82) is 0 Å². The van der Waals surface area contributed by atoms with Gasteiger partial charge in [0.05, 0.1) is 23.7 Å². The normalized spacial score (nSPS) is 14.7. The van der Waals surface area contributed by atoms with Crippen molar-refractivity contribution in [3.63, 3.8) is 0 Å². The second kappa shape index (κ2) is 15.0. The zero-order chi connectivity index (χ0) is 35.3. The third-order valence-corrected chi connectivity index (χ3v) is 10.7. The number of carboxylic acids is 1. The second-order valence-corrected chi connectivity index (χ2v) is 14.1. The Bertz CT molecular complexity index is 2030. The van der Waals surface area contributed by atoms with Crippen LogP contribution in [-0.2, 0) is 27.8 Å². The van der Waals surface area contributed by atoms with Gasteiger partial charge in [-0.2, -0.15) is 0 Å². The summed E-state index contributed by atoms with van der Waals surface area (Å²) in [6.07, 6.45) is 5.51. The second-order valence-electron chi connectivity index (χ2n) is 12.3. The number of carboxylic acid groups (broad SMARTS) is 1. The predicted octanol–water partition coefficient (Wildman–Crippen LogP) is 5.81. The number of anilines is 3. The SMILES string of the molecule is O=C(NC[C@@H](O)C(=O)O)c1ccc(CN(C(=O)Nc2cccc(S(=O)(=O)N3CCc4ccccc43)c2)c2ccc(C3=CCCCC3)cc2)cc1. The number of aliphatic hydroxyl groups excluding tert-OH is 1. The number of urea groups is 1. The first-order valence-electron chi connectivity index (χ1n) is 16.5. The molecule has 0 unspecified atom stereocenters. The van der Waals surface area contributed by atoms with Crippen molar-refractivity contribution in [2.75, 3.05) is 27.6 Å². The minimum absolute atomic E-state index is 0.0633. The molecular weight excluding hydrogens is 657 g/mol. The minimum Gasteiger partial charge on any atom is -0.479 e. The molecule has 258 valence electrons. The number of sulfonamides is 1. The number of benzene rings is 4. The molecule has 1 aliphatic heterocycles. The summed E-state index contributed by atoms with van der Waals surface area (Å²) in [7, 11) is -3.88. The van der Waals surface area contributed by atoms with Crippen LogP contribution in [0.25, 0.3) is 5.57 Å². The molecule has 11 nitrogen and oxygen atoms in total. The van der Waals surface area contributed by atoms with Gasteiger partial charge in [-0.25, -0.2) is 18.0 Å². The number of carbonyl (C=O) groups is 3. The fourth-order valence-corrected chi connectivity index (χ4v) is 7.72. The Morgan fingerprint density at radius 3 is 2.36 bits per heavy atom. The number of carbonyl (C=O) groups excluding carboxylic acids is 2. The molecule has 4 N–H and O–H groups in total. The van der Waals surface area contributed by atoms with Crippen LogP contribution in [0.2, 0.25) is 0 Å². The number of nitrogens with zero attached hydrogens (tertiary/aromatic N) is 2. The quantitative estimate of drug-likeness (QED) is 0.154. The van der Waals surface area contributed by atoms with Gasteiger partial charge in [0, 0.05) is 23.5 Å². The van der Waals surface area contributed by atoms with Gasteiger partial charge in [0.25, 0.3) is 15.9 Å². The van der Waals surface area contributed by atoms with Crippen LogP contribution in [0.4, 0.5) is 21.9 Å². The molecule has 0 saturated carbocycles. The average Bonchev–Trinajstić information content (AvgIpc) is 3.59. The zero-order valence-corrected chi connectivity index (χ0v) is 28.1. The van der Waals surface area contributed by atoms with Gasteiger partial charge in [-0.1, -0.05) is 54.6 Å². The molecule has 4 aromatic rings. The Hall–Kier alpha value is -5.46. The summed E-state index contributed by atoms with van der Waals surface area (Å²) in [6, 6.07) is 27.4. The molecule has 3 amide bonds. The maximum Gasteiger partial charge on any atom is 0.334 e. The number of allylic oxidation sites excluding steroid dienone is 2. The topological polar surface area (TPSA) is 156 Å². The third-order valence-electron chi connectivity index (χ3n) is 8.90. The van der Waals surface area contributed by atoms with Crippen LogP contribution in [0, 0.1) is 0 Å². The van der Waals surface area contributed by atoms with Crippen molar-refractivity contribution in [2.24, 2.45) is 0 Å². The molecule has 0 saturated heterocycles. The predicted molar refractivity (Wildman–Crippen MR) is 192 cm³/mol. The van der Waals surface area contributed by atoms with E-state index >= 15 is 0 Å². The molecule has 0 fully saturated rings. The molecule has 4 aromatic carbocycles. The van der Waals surface area contributed by atoms with Gasteiger partial charge in [-0.15, -0.1) is 0 Å². The first-order valence-corrected chi connectivity index (χ1v) is 17.9. The van der Waals surface area contributed by atoms with Crippen LogP contribution in [0.3, 0.4) is 0 Å². The number of aliphatic hydroxyl groups is 1. The zero-order valence-electron chi connectivity index (χ0n) is 27.3. The molecule has 1 heterocycles. The lowest BCUT2D eigenvalue weighted by atomic mass is 9.93. The Labute approximate surface area is 290 Å². The van der Waals surface area contributed by atoms with Crippen molar-refractivity contribution < 1.29 is 33.0 Å². The molecule has 0 aromatic heterocycles. The van der Waals surface area contributed by atoms with Gasteiger partial charge in [-0.05, 0) is 103 Å². The summed E-state index contributed by atoms with van der Waals surface area (Å²) in [5, 5.41) is 23.6. The van der Waals surface area contributed by atoms with Gasteiger partial charge >= 0.3 is 12.0 Å². The lowest BCUT2D eigenvalue weighted by Gasteiger charge is -2.25. The number of amides is 3. The maximum atomic E-state index is 14.0. The molecule has 0 spiro atoms. The summed E-state index contributed by atoms with van der Waals surface area (Å²) in [5.41, 5.74) is 5.88. The molecule has 6 rings (SSSR count). The van der Waals surface area contributed by atoms with E-state index in [1.54, 1.807) is 42.5 Å². The van der Waals surface area contributed by atoms with Gasteiger partial charge in [0.15, 0.2) is 6.10 Å². The molecule has 1 aliphatic carbocycles. The van der Waals surface area contributed by atoms with E-state index in [-0.39, 0.29) is 17.0 Å². The van der Waals surface area contributed by atoms with Crippen molar-refractivity contribution in [3.8, 4) is 0 Å². The van der Waals surface area contributed by atoms with E-state index in [2.05, 4.69) is 16.7 Å². The summed E-state index contributed by atoms with van der Waals surface area (Å²) >= 11 is 0. The van der Waals surface area contributed by atoms with Crippen molar-refractivity contribution in [2.45, 2.75) is 49.6 Å². The van der Waals surface area contributed by atoms with Gasteiger partial charge in [-0.3, -0.25) is 14.0 Å². The lowest BCUT2D eigenvalue weighted by molar-refractivity contribution is -0.146. The number of rotatable bonds is 11. The Morgan fingerprint density at radius 1 is 0.880 bits per heavy atom. The van der Waals surface area contributed by atoms with Crippen LogP contribution >= 0.6 is 0 Å². The van der Waals surface area contributed by atoms with Crippen LogP contribution in [0.1, 0.15) is 52.7 Å². The van der Waals surface area contributed by atoms with Crippen molar-refractivity contribution >= 4 is 50.6 Å². The summed E-state index contributed by atoms with van der Waals surface area (Å²) in [4.78, 5) is 38.9. The molecule has 1 atom stereocenters. The van der Waals surface area contributed by atoms with E-state index < -0.39 is 40.6 Å². The molecule has 0 radical (unpaired) electrons. The Kier molecular flexibility index (Phi) is 10.3. The maximum absolute atomic E-state index is 14.0. The van der Waals surface area contributed by atoms with Crippen LogP contribution in [-0.4, -0.2) is 55.7 Å². The Balaban J connectivity index is 1.23. The largest absolute Gasteiger partial charge is 0.479 e. The van der Waals surface area contributed by atoms with Gasteiger partial charge < -0.3 is 20.8 Å². The molecule has 0 bridgehead atoms. The highest BCUT2D eigenvalue weighted by molar-refractivity contribution is 7.92. The molecule has 50 heavy (non-hydrogen) atoms. The smallest absolute Gasteiger partial charge is 0.334 e. The van der Waals surface area contributed by atoms with Crippen LogP contribution in [0.15, 0.2) is 108 Å². The highest BCUT2D eigenvalue weighted by Crippen LogP contribution is 2.34. The number of hydrogen-bond donors (Lipinski definition) is 4. The fourth-order valence-electron chi connectivity index (χ4n) is 6.17. The summed E-state index contributed by atoms with van der Waals surface area (Å²) in [6.45, 7) is 0.0182. The van der Waals surface area contributed by atoms with E-state index in [4.69, 9.17) is 5.11 Å². The highest BCUT2D eigenvalue weighted by atomic mass is 32.2. The van der Waals surface area contributed by atoms with Crippen LogP contribution < -0.4 is 19.8 Å². The number of nitrogens with one attached hydrogen (secondary N) is 2. The molecule has 12 heteroatoms. The average molecular weight is 695 g/mol. The summed E-state index contributed by atoms with van der Waals surface area (Å²) in [5.74, 6) is -1.99. The number of aliphatic carboxylic acids is 1. The van der Waals surface area contributed by atoms with E-state index in [1.165, 1.54) is 33.3 Å². The summed E-state index contributed by atoms with van der Waals surface area (Å²) < 4.78 is 28.8. The van der Waals surface area contributed by atoms with Gasteiger partial charge in [0.2, 0.25) is 0 Å². The number of hydrogen-bond acceptors (Lipinski definition) is 6. The molecule has 2 aliphatic rings. The first kappa shape index (κ1) is 34.4. The molecular formula is C38H38N4O7S. The number of para-hydroxylation sites is 1. The van der Waals surface area contributed by atoms with E-state index in [9.17, 15) is 27.9 Å². The standard InChI is InChI=1S/C38H38N4O7S/c43-35(37(45)46)24-39-36(44)30-15-13-26(14-16-30)25-41(32-19-17-28(18-20-32)27-7-2-1-3-8-27)38(47)40-31-10-6-11-33(23-31)50(48,49)42-22-21-29-9-4-5-12-34(29)42/h4-7,9-20,23,35,43H,1-3,8,21-22,24-25H2,(H,39,44)(H,40,47)(H,45,46)/t35-/m1/s1. The van der Waals surface area contributed by atoms with Crippen molar-refractivity contribution in [3.05, 3.63) is 125 Å². The monoisotopic (exact) mass is 694 g/mol. The first-order chi connectivity index (χ1) is 24.1. The number of fused-ring (bicyclic) bond motifs is 1. The third kappa shape index (κ3) is 7.72. The van der Waals surface area contributed by atoms with Gasteiger partial charge in [0.1, 0.15) is 0 Å². The van der Waals surface area contributed by atoms with Crippen molar-refractivity contribution in [1.82, 2.24) is 5.32 Å². The minimum atomic E-state index is -3.88. The highest BCUT2D eigenvalue weighted by Gasteiger charge is 2.31. The fraction of sp³-hybridized carbons (Fsp3) is 0.237.